The Bertz CT molecular complexity index is 1110. The van der Waals surface area contributed by atoms with E-state index < -0.39 is 0 Å². The van der Waals surface area contributed by atoms with Crippen LogP contribution >= 0.6 is 11.6 Å². The molecule has 0 spiro atoms. The minimum atomic E-state index is -0.0563. The van der Waals surface area contributed by atoms with Gasteiger partial charge in [0.05, 0.1) is 6.20 Å². The summed E-state index contributed by atoms with van der Waals surface area (Å²) in [5, 5.41) is 4.36. The van der Waals surface area contributed by atoms with Crippen LogP contribution in [0.4, 0.5) is 5.82 Å². The number of amides is 1. The highest BCUT2D eigenvalue weighted by molar-refractivity contribution is 6.30. The van der Waals surface area contributed by atoms with Crippen molar-refractivity contribution in [2.45, 2.75) is 44.6 Å². The number of nitrogens with zero attached hydrogens (tertiary/aromatic N) is 5. The van der Waals surface area contributed by atoms with Crippen LogP contribution in [-0.2, 0) is 12.8 Å². The summed E-state index contributed by atoms with van der Waals surface area (Å²) in [5.41, 5.74) is 3.70. The van der Waals surface area contributed by atoms with Crippen LogP contribution in [-0.4, -0.2) is 49.9 Å². The Kier molecular flexibility index (Phi) is 5.99. The van der Waals surface area contributed by atoms with Crippen LogP contribution in [0.25, 0.3) is 11.4 Å². The molecule has 164 valence electrons. The molecule has 2 aliphatic rings. The van der Waals surface area contributed by atoms with Gasteiger partial charge in [-0.05, 0) is 50.7 Å². The number of carbonyl (C=O) groups is 1. The molecule has 3 aromatic rings. The largest absolute Gasteiger partial charge is 0.367 e. The second-order valence-corrected chi connectivity index (χ2v) is 8.78. The number of aryl methyl sites for hydroxylation is 1. The van der Waals surface area contributed by atoms with E-state index in [4.69, 9.17) is 21.6 Å². The molecule has 1 saturated heterocycles. The van der Waals surface area contributed by atoms with Crippen LogP contribution in [0.3, 0.4) is 0 Å². The minimum Gasteiger partial charge on any atom is -0.367 e. The first-order chi connectivity index (χ1) is 15.7. The van der Waals surface area contributed by atoms with E-state index >= 15 is 0 Å². The molecule has 2 aromatic heterocycles. The second-order valence-electron chi connectivity index (χ2n) is 8.34. The van der Waals surface area contributed by atoms with Crippen LogP contribution in [0.2, 0.25) is 5.02 Å². The second kappa shape index (κ2) is 9.20. The summed E-state index contributed by atoms with van der Waals surface area (Å²) in [6.45, 7) is 1.36. The molecule has 1 N–H and O–H groups in total. The molecule has 1 aromatic carbocycles. The van der Waals surface area contributed by atoms with Crippen molar-refractivity contribution in [3.8, 4) is 11.4 Å². The number of likely N-dealkylation sites (tertiary alicyclic amines) is 1. The van der Waals surface area contributed by atoms with E-state index in [9.17, 15) is 4.79 Å². The van der Waals surface area contributed by atoms with E-state index in [1.165, 1.54) is 11.8 Å². The average Bonchev–Trinajstić information content (AvgIpc) is 2.84. The van der Waals surface area contributed by atoms with Crippen molar-refractivity contribution in [3.63, 3.8) is 0 Å². The van der Waals surface area contributed by atoms with Crippen molar-refractivity contribution >= 4 is 23.3 Å². The molecular weight excluding hydrogens is 424 g/mol. The molecule has 0 radical (unpaired) electrons. The molecule has 3 heterocycles. The highest BCUT2D eigenvalue weighted by Crippen LogP contribution is 2.30. The zero-order valence-corrected chi connectivity index (χ0v) is 18.6. The number of rotatable bonds is 4. The van der Waals surface area contributed by atoms with Crippen molar-refractivity contribution in [2.75, 3.05) is 18.4 Å². The van der Waals surface area contributed by atoms with Gasteiger partial charge in [0.25, 0.3) is 5.91 Å². The van der Waals surface area contributed by atoms with Crippen molar-refractivity contribution in [2.24, 2.45) is 0 Å². The predicted octanol–water partition coefficient (Wildman–Crippen LogP) is 4.18. The van der Waals surface area contributed by atoms with Crippen molar-refractivity contribution in [3.05, 3.63) is 64.8 Å². The van der Waals surface area contributed by atoms with Gasteiger partial charge in [-0.25, -0.2) is 15.0 Å². The fraction of sp³-hybridized carbons (Fsp3) is 0.375. The van der Waals surface area contributed by atoms with E-state index in [0.717, 1.165) is 55.6 Å². The Labute approximate surface area is 192 Å². The van der Waals surface area contributed by atoms with E-state index in [-0.39, 0.29) is 11.9 Å². The summed E-state index contributed by atoms with van der Waals surface area (Å²) >= 11 is 6.21. The Balaban J connectivity index is 1.33. The van der Waals surface area contributed by atoms with Crippen LogP contribution < -0.4 is 5.32 Å². The molecule has 0 atom stereocenters. The van der Waals surface area contributed by atoms with Gasteiger partial charge in [-0.3, -0.25) is 9.78 Å². The number of benzene rings is 1. The Morgan fingerprint density at radius 2 is 1.94 bits per heavy atom. The van der Waals surface area contributed by atoms with Gasteiger partial charge in [-0.2, -0.15) is 0 Å². The maximum atomic E-state index is 12.7. The van der Waals surface area contributed by atoms with Crippen molar-refractivity contribution < 1.29 is 4.79 Å². The summed E-state index contributed by atoms with van der Waals surface area (Å²) in [7, 11) is 0. The topological polar surface area (TPSA) is 83.9 Å². The minimum absolute atomic E-state index is 0.0563. The number of nitrogens with one attached hydrogen (secondary N) is 1. The summed E-state index contributed by atoms with van der Waals surface area (Å²) in [4.78, 5) is 32.4. The molecule has 7 nitrogen and oxygen atoms in total. The number of halogens is 1. The number of aromatic nitrogens is 4. The third kappa shape index (κ3) is 4.43. The Hall–Kier alpha value is -3.06. The maximum Gasteiger partial charge on any atom is 0.274 e. The smallest absolute Gasteiger partial charge is 0.274 e. The molecule has 1 aliphatic heterocycles. The van der Waals surface area contributed by atoms with Gasteiger partial charge in [-0.15, -0.1) is 0 Å². The molecule has 0 saturated carbocycles. The van der Waals surface area contributed by atoms with E-state index in [1.54, 1.807) is 12.4 Å². The highest BCUT2D eigenvalue weighted by atomic mass is 35.5. The average molecular weight is 449 g/mol. The zero-order chi connectivity index (χ0) is 21.9. The lowest BCUT2D eigenvalue weighted by atomic mass is 9.95. The molecule has 1 fully saturated rings. The molecule has 32 heavy (non-hydrogen) atoms. The molecule has 1 amide bonds. The lowest BCUT2D eigenvalue weighted by Gasteiger charge is -2.33. The van der Waals surface area contributed by atoms with Crippen molar-refractivity contribution in [1.82, 2.24) is 24.8 Å². The quantitative estimate of drug-likeness (QED) is 0.644. The number of fused-ring (bicyclic) bond motifs is 1. The fourth-order valence-corrected chi connectivity index (χ4v) is 4.65. The van der Waals surface area contributed by atoms with Crippen LogP contribution in [0, 0.1) is 0 Å². The molecular formula is C24H25ClN6O. The predicted molar refractivity (Wildman–Crippen MR) is 124 cm³/mol. The van der Waals surface area contributed by atoms with Gasteiger partial charge in [0, 0.05) is 53.4 Å². The fourth-order valence-electron chi connectivity index (χ4n) is 4.46. The molecule has 5 rings (SSSR count). The SMILES string of the molecule is O=C(c1cnccn1)N1CCC(Nc2nc(-c3cccc(Cl)c3)nc3c2CCCC3)CC1. The Morgan fingerprint density at radius 3 is 2.72 bits per heavy atom. The lowest BCUT2D eigenvalue weighted by Crippen LogP contribution is -2.43. The Morgan fingerprint density at radius 1 is 1.09 bits per heavy atom. The van der Waals surface area contributed by atoms with Gasteiger partial charge < -0.3 is 10.2 Å². The van der Waals surface area contributed by atoms with E-state index in [1.807, 2.05) is 29.2 Å². The van der Waals surface area contributed by atoms with Crippen LogP contribution in [0.5, 0.6) is 0 Å². The molecule has 0 unspecified atom stereocenters. The van der Waals surface area contributed by atoms with Gasteiger partial charge in [0.15, 0.2) is 5.82 Å². The number of hydrogen-bond acceptors (Lipinski definition) is 6. The monoisotopic (exact) mass is 448 g/mol. The summed E-state index contributed by atoms with van der Waals surface area (Å²) in [5.74, 6) is 1.59. The molecule has 1 aliphatic carbocycles. The van der Waals surface area contributed by atoms with E-state index in [2.05, 4.69) is 15.3 Å². The number of hydrogen-bond donors (Lipinski definition) is 1. The third-order valence-electron chi connectivity index (χ3n) is 6.17. The zero-order valence-electron chi connectivity index (χ0n) is 17.8. The summed E-state index contributed by atoms with van der Waals surface area (Å²) in [6.07, 6.45) is 10.7. The number of piperidine rings is 1. The van der Waals surface area contributed by atoms with Gasteiger partial charge in [0.1, 0.15) is 11.5 Å². The number of carbonyl (C=O) groups excluding carboxylic acids is 1. The molecule has 8 heteroatoms. The van der Waals surface area contributed by atoms with Gasteiger partial charge >= 0.3 is 0 Å². The van der Waals surface area contributed by atoms with Crippen LogP contribution in [0.1, 0.15) is 47.4 Å². The first kappa shape index (κ1) is 20.8. The first-order valence-corrected chi connectivity index (χ1v) is 11.5. The summed E-state index contributed by atoms with van der Waals surface area (Å²) in [6, 6.07) is 7.95. The van der Waals surface area contributed by atoms with E-state index in [0.29, 0.717) is 29.6 Å². The molecule has 0 bridgehead atoms. The van der Waals surface area contributed by atoms with Crippen molar-refractivity contribution in [1.29, 1.82) is 0 Å². The van der Waals surface area contributed by atoms with Crippen LogP contribution in [0.15, 0.2) is 42.9 Å². The third-order valence-corrected chi connectivity index (χ3v) is 6.41. The standard InChI is InChI=1S/C24H25ClN6O/c25-17-5-3-4-16(14-17)22-29-20-7-2-1-6-19(20)23(30-22)28-18-8-12-31(13-9-18)24(32)21-15-26-10-11-27-21/h3-5,10-11,14-15,18H,1-2,6-9,12-13H2,(H,28,29,30). The lowest BCUT2D eigenvalue weighted by molar-refractivity contribution is 0.0712. The highest BCUT2D eigenvalue weighted by Gasteiger charge is 2.26. The van der Waals surface area contributed by atoms with Gasteiger partial charge in [-0.1, -0.05) is 23.7 Å². The number of anilines is 1. The van der Waals surface area contributed by atoms with Gasteiger partial charge in [0.2, 0.25) is 0 Å². The summed E-state index contributed by atoms with van der Waals surface area (Å²) < 4.78 is 0. The maximum absolute atomic E-state index is 12.7. The normalized spacial score (nSPS) is 16.5. The first-order valence-electron chi connectivity index (χ1n) is 11.1.